The highest BCUT2D eigenvalue weighted by molar-refractivity contribution is 5.91. The fourth-order valence-corrected chi connectivity index (χ4v) is 2.49. The lowest BCUT2D eigenvalue weighted by atomic mass is 9.99. The van der Waals surface area contributed by atoms with Crippen molar-refractivity contribution in [3.63, 3.8) is 0 Å². The molecule has 1 aliphatic heterocycles. The second-order valence-corrected chi connectivity index (χ2v) is 4.97. The van der Waals surface area contributed by atoms with Gasteiger partial charge in [0.2, 0.25) is 5.91 Å². The van der Waals surface area contributed by atoms with Gasteiger partial charge in [-0.3, -0.25) is 4.79 Å². The minimum atomic E-state index is 0.0395. The summed E-state index contributed by atoms with van der Waals surface area (Å²) in [4.78, 5) is 16.0. The Kier molecular flexibility index (Phi) is 3.78. The predicted molar refractivity (Wildman–Crippen MR) is 77.3 cm³/mol. The van der Waals surface area contributed by atoms with Gasteiger partial charge in [0.15, 0.2) is 0 Å². The average molecular weight is 270 g/mol. The summed E-state index contributed by atoms with van der Waals surface area (Å²) in [5.74, 6) is 0.0395. The number of rotatable bonds is 4. The Morgan fingerprint density at radius 1 is 1.45 bits per heavy atom. The number of carbonyl (C=O) groups excluding carboxylic acids is 1. The molecule has 0 saturated heterocycles. The molecule has 1 aliphatic rings. The van der Waals surface area contributed by atoms with Gasteiger partial charge >= 0.3 is 0 Å². The van der Waals surface area contributed by atoms with Crippen molar-refractivity contribution in [2.75, 3.05) is 11.9 Å². The van der Waals surface area contributed by atoms with Gasteiger partial charge in [-0.25, -0.2) is 4.98 Å². The number of fused-ring (bicyclic) bond motifs is 1. The fourth-order valence-electron chi connectivity index (χ4n) is 2.49. The van der Waals surface area contributed by atoms with Crippen LogP contribution in [0.2, 0.25) is 0 Å². The maximum absolute atomic E-state index is 12.0. The molecule has 0 aliphatic carbocycles. The van der Waals surface area contributed by atoms with E-state index in [-0.39, 0.29) is 5.91 Å². The van der Waals surface area contributed by atoms with Gasteiger partial charge < -0.3 is 15.2 Å². The molecule has 1 aromatic heterocycles. The first-order valence-corrected chi connectivity index (χ1v) is 6.90. The zero-order chi connectivity index (χ0) is 13.8. The number of anilines is 1. The normalized spacial score (nSPS) is 13.8. The largest absolute Gasteiger partial charge is 0.337 e. The Morgan fingerprint density at radius 3 is 3.25 bits per heavy atom. The highest BCUT2D eigenvalue weighted by atomic mass is 16.1. The van der Waals surface area contributed by atoms with E-state index in [4.69, 9.17) is 0 Å². The van der Waals surface area contributed by atoms with Crippen LogP contribution in [0.15, 0.2) is 36.9 Å². The van der Waals surface area contributed by atoms with Crippen LogP contribution in [0.5, 0.6) is 0 Å². The van der Waals surface area contributed by atoms with Crippen molar-refractivity contribution in [2.45, 2.75) is 25.9 Å². The van der Waals surface area contributed by atoms with E-state index in [0.29, 0.717) is 13.0 Å². The van der Waals surface area contributed by atoms with Crippen LogP contribution in [0.1, 0.15) is 17.5 Å². The SMILES string of the molecule is O=C(CCn1ccnc1)Nc1cccc2c1CNCC2. The van der Waals surface area contributed by atoms with Crippen molar-refractivity contribution in [3.05, 3.63) is 48.0 Å². The first-order valence-electron chi connectivity index (χ1n) is 6.90. The van der Waals surface area contributed by atoms with E-state index in [0.717, 1.165) is 25.2 Å². The van der Waals surface area contributed by atoms with Gasteiger partial charge in [-0.2, -0.15) is 0 Å². The van der Waals surface area contributed by atoms with Gasteiger partial charge in [-0.05, 0) is 30.2 Å². The summed E-state index contributed by atoms with van der Waals surface area (Å²) in [6.07, 6.45) is 6.78. The summed E-state index contributed by atoms with van der Waals surface area (Å²) in [7, 11) is 0. The highest BCUT2D eigenvalue weighted by Crippen LogP contribution is 2.23. The second kappa shape index (κ2) is 5.88. The highest BCUT2D eigenvalue weighted by Gasteiger charge is 2.13. The maximum atomic E-state index is 12.0. The molecular weight excluding hydrogens is 252 g/mol. The smallest absolute Gasteiger partial charge is 0.226 e. The molecule has 0 saturated carbocycles. The van der Waals surface area contributed by atoms with E-state index < -0.39 is 0 Å². The molecule has 2 N–H and O–H groups in total. The molecule has 0 unspecified atom stereocenters. The van der Waals surface area contributed by atoms with Gasteiger partial charge in [-0.15, -0.1) is 0 Å². The van der Waals surface area contributed by atoms with E-state index in [1.807, 2.05) is 22.9 Å². The molecule has 0 fully saturated rings. The molecule has 0 radical (unpaired) electrons. The quantitative estimate of drug-likeness (QED) is 0.886. The zero-order valence-electron chi connectivity index (χ0n) is 11.3. The van der Waals surface area contributed by atoms with Crippen LogP contribution in [0, 0.1) is 0 Å². The molecule has 3 rings (SSSR count). The molecule has 2 heterocycles. The summed E-state index contributed by atoms with van der Waals surface area (Å²) in [5.41, 5.74) is 3.48. The summed E-state index contributed by atoms with van der Waals surface area (Å²) in [6, 6.07) is 6.12. The van der Waals surface area contributed by atoms with Crippen LogP contribution in [0.4, 0.5) is 5.69 Å². The van der Waals surface area contributed by atoms with Crippen molar-refractivity contribution in [3.8, 4) is 0 Å². The first-order chi connectivity index (χ1) is 9.83. The number of carbonyl (C=O) groups is 1. The minimum absolute atomic E-state index is 0.0395. The standard InChI is InChI=1S/C15H18N4O/c20-15(5-8-19-9-7-17-11-19)18-14-3-1-2-12-4-6-16-10-13(12)14/h1-3,7,9,11,16H,4-6,8,10H2,(H,18,20). The Bertz CT molecular complexity index is 592. The van der Waals surface area contributed by atoms with Crippen molar-refractivity contribution in [1.82, 2.24) is 14.9 Å². The lowest BCUT2D eigenvalue weighted by molar-refractivity contribution is -0.116. The van der Waals surface area contributed by atoms with Crippen molar-refractivity contribution >= 4 is 11.6 Å². The fraction of sp³-hybridized carbons (Fsp3) is 0.333. The molecule has 2 aromatic rings. The van der Waals surface area contributed by atoms with E-state index in [1.54, 1.807) is 12.5 Å². The van der Waals surface area contributed by atoms with Gasteiger partial charge in [0.25, 0.3) is 0 Å². The molecule has 20 heavy (non-hydrogen) atoms. The molecule has 5 heteroatoms. The monoisotopic (exact) mass is 270 g/mol. The van der Waals surface area contributed by atoms with E-state index in [2.05, 4.69) is 21.7 Å². The van der Waals surface area contributed by atoms with Gasteiger partial charge in [-0.1, -0.05) is 12.1 Å². The van der Waals surface area contributed by atoms with Crippen LogP contribution in [-0.4, -0.2) is 22.0 Å². The predicted octanol–water partition coefficient (Wildman–Crippen LogP) is 1.56. The lowest BCUT2D eigenvalue weighted by Gasteiger charge is -2.20. The summed E-state index contributed by atoms with van der Waals surface area (Å²) >= 11 is 0. The lowest BCUT2D eigenvalue weighted by Crippen LogP contribution is -2.25. The molecule has 104 valence electrons. The topological polar surface area (TPSA) is 59.0 Å². The molecule has 0 spiro atoms. The number of hydrogen-bond donors (Lipinski definition) is 2. The van der Waals surface area contributed by atoms with Crippen molar-refractivity contribution in [2.24, 2.45) is 0 Å². The molecule has 5 nitrogen and oxygen atoms in total. The summed E-state index contributed by atoms with van der Waals surface area (Å²) in [5, 5.41) is 6.37. The molecule has 1 amide bonds. The minimum Gasteiger partial charge on any atom is -0.337 e. The summed E-state index contributed by atoms with van der Waals surface area (Å²) in [6.45, 7) is 2.48. The Balaban J connectivity index is 1.64. The number of benzene rings is 1. The van der Waals surface area contributed by atoms with Crippen LogP contribution in [0.3, 0.4) is 0 Å². The third-order valence-corrected chi connectivity index (χ3v) is 3.58. The Morgan fingerprint density at radius 2 is 2.40 bits per heavy atom. The van der Waals surface area contributed by atoms with E-state index in [1.165, 1.54) is 11.1 Å². The average Bonchev–Trinajstić information content (AvgIpc) is 2.99. The number of nitrogens with zero attached hydrogens (tertiary/aromatic N) is 2. The number of imidazole rings is 1. The molecular formula is C15H18N4O. The van der Waals surface area contributed by atoms with Gasteiger partial charge in [0.05, 0.1) is 6.33 Å². The number of hydrogen-bond acceptors (Lipinski definition) is 3. The van der Waals surface area contributed by atoms with Crippen LogP contribution < -0.4 is 10.6 Å². The number of nitrogens with one attached hydrogen (secondary N) is 2. The molecule has 1 aromatic carbocycles. The van der Waals surface area contributed by atoms with Crippen LogP contribution in [0.25, 0.3) is 0 Å². The number of aryl methyl sites for hydroxylation is 1. The van der Waals surface area contributed by atoms with Crippen molar-refractivity contribution < 1.29 is 4.79 Å². The first kappa shape index (κ1) is 12.9. The Hall–Kier alpha value is -2.14. The maximum Gasteiger partial charge on any atom is 0.226 e. The van der Waals surface area contributed by atoms with Gasteiger partial charge in [0.1, 0.15) is 0 Å². The second-order valence-electron chi connectivity index (χ2n) is 4.97. The number of amides is 1. The zero-order valence-corrected chi connectivity index (χ0v) is 11.3. The van der Waals surface area contributed by atoms with E-state index in [9.17, 15) is 4.79 Å². The number of aromatic nitrogens is 2. The summed E-state index contributed by atoms with van der Waals surface area (Å²) < 4.78 is 1.90. The van der Waals surface area contributed by atoms with Crippen LogP contribution in [-0.2, 0) is 24.3 Å². The molecule has 0 bridgehead atoms. The Labute approximate surface area is 118 Å². The van der Waals surface area contributed by atoms with Crippen LogP contribution >= 0.6 is 0 Å². The van der Waals surface area contributed by atoms with Gasteiger partial charge in [0, 0.05) is 37.6 Å². The van der Waals surface area contributed by atoms with Crippen molar-refractivity contribution in [1.29, 1.82) is 0 Å². The third kappa shape index (κ3) is 2.88. The van der Waals surface area contributed by atoms with E-state index >= 15 is 0 Å². The third-order valence-electron chi connectivity index (χ3n) is 3.58. The molecule has 0 atom stereocenters.